The van der Waals surface area contributed by atoms with Crippen molar-refractivity contribution in [1.82, 2.24) is 15.6 Å². The highest BCUT2D eigenvalue weighted by Gasteiger charge is 2.52. The van der Waals surface area contributed by atoms with Gasteiger partial charge in [0.25, 0.3) is 17.4 Å². The number of carbonyl (C=O) groups excluding carboxylic acids is 3. The zero-order valence-electron chi connectivity index (χ0n) is 19.8. The van der Waals surface area contributed by atoms with Crippen LogP contribution in [0.2, 0.25) is 0 Å². The second-order valence-corrected chi connectivity index (χ2v) is 7.93. The number of methoxy groups -OCH3 is 1. The summed E-state index contributed by atoms with van der Waals surface area (Å²) in [7, 11) is 3.27. The third-order valence-corrected chi connectivity index (χ3v) is 5.41. The van der Waals surface area contributed by atoms with Crippen LogP contribution in [0.25, 0.3) is 0 Å². The van der Waals surface area contributed by atoms with Crippen molar-refractivity contribution in [3.63, 3.8) is 0 Å². The Balaban J connectivity index is 1.39. The van der Waals surface area contributed by atoms with Crippen LogP contribution in [0.5, 0.6) is 11.5 Å². The first-order valence-electron chi connectivity index (χ1n) is 11.1. The lowest BCUT2D eigenvalue weighted by atomic mass is 9.95. The Bertz CT molecular complexity index is 1200. The maximum Gasteiger partial charge on any atom is 0.328 e. The Labute approximate surface area is 207 Å². The second-order valence-electron chi connectivity index (χ2n) is 7.93. The molecule has 186 valence electrons. The Kier molecular flexibility index (Phi) is 7.40. The number of ether oxygens (including phenoxy) is 3. The van der Waals surface area contributed by atoms with Gasteiger partial charge < -0.3 is 14.2 Å². The predicted molar refractivity (Wildman–Crippen MR) is 131 cm³/mol. The maximum atomic E-state index is 12.5. The fourth-order valence-corrected chi connectivity index (χ4v) is 3.53. The molecule has 1 aliphatic carbocycles. The second kappa shape index (κ2) is 10.8. The first-order valence-corrected chi connectivity index (χ1v) is 11.1. The number of imide groups is 2. The number of barbiturate groups is 1. The fraction of sp³-hybridized carbons (Fsp3) is 0.240. The van der Waals surface area contributed by atoms with Crippen LogP contribution in [-0.2, 0) is 14.3 Å². The predicted octanol–water partition coefficient (Wildman–Crippen LogP) is 2.32. The number of nitrogens with zero attached hydrogens (tertiary/aromatic N) is 3. The summed E-state index contributed by atoms with van der Waals surface area (Å²) in [6, 6.07) is 11.2. The first-order chi connectivity index (χ1) is 17.4. The van der Waals surface area contributed by atoms with Crippen molar-refractivity contribution >= 4 is 29.4 Å². The number of aromatic nitrogens is 1. The van der Waals surface area contributed by atoms with Gasteiger partial charge >= 0.3 is 6.03 Å². The van der Waals surface area contributed by atoms with Gasteiger partial charge in [0.05, 0.1) is 12.3 Å². The number of pyridine rings is 1. The van der Waals surface area contributed by atoms with Gasteiger partial charge in [-0.1, -0.05) is 6.07 Å². The molecular weight excluding hydrogens is 466 g/mol. The molecule has 2 aromatic rings. The van der Waals surface area contributed by atoms with E-state index < -0.39 is 23.4 Å². The molecule has 4 rings (SSSR count). The Morgan fingerprint density at radius 1 is 1.03 bits per heavy atom. The molecule has 1 fully saturated rings. The molecule has 2 N–H and O–H groups in total. The zero-order chi connectivity index (χ0) is 25.5. The highest BCUT2D eigenvalue weighted by molar-refractivity contribution is 6.21. The number of hydrogen-bond acceptors (Lipinski definition) is 9. The molecule has 0 saturated carbocycles. The van der Waals surface area contributed by atoms with Crippen LogP contribution in [0.15, 0.2) is 77.8 Å². The van der Waals surface area contributed by atoms with Crippen molar-refractivity contribution in [2.75, 3.05) is 25.8 Å². The Morgan fingerprint density at radius 3 is 2.36 bits per heavy atom. The van der Waals surface area contributed by atoms with Crippen molar-refractivity contribution in [1.29, 1.82) is 0 Å². The smallest absolute Gasteiger partial charge is 0.328 e. The van der Waals surface area contributed by atoms with Crippen LogP contribution in [0, 0.1) is 0 Å². The third-order valence-electron chi connectivity index (χ3n) is 5.41. The van der Waals surface area contributed by atoms with E-state index in [0.717, 1.165) is 11.5 Å². The molecule has 1 aromatic heterocycles. The summed E-state index contributed by atoms with van der Waals surface area (Å²) in [4.78, 5) is 40.8. The van der Waals surface area contributed by atoms with Crippen LogP contribution in [-0.4, -0.2) is 54.9 Å². The molecule has 1 saturated heterocycles. The fourth-order valence-electron chi connectivity index (χ4n) is 3.53. The van der Waals surface area contributed by atoms with Gasteiger partial charge in [0.2, 0.25) is 0 Å². The minimum absolute atomic E-state index is 0.0691. The normalized spacial score (nSPS) is 17.8. The monoisotopic (exact) mass is 491 g/mol. The molecule has 0 atom stereocenters. The number of carbonyl (C=O) groups is 3. The Hall–Kier alpha value is -4.51. The molecule has 1 aliphatic heterocycles. The van der Waals surface area contributed by atoms with E-state index in [1.54, 1.807) is 35.5 Å². The number of benzene rings is 1. The summed E-state index contributed by atoms with van der Waals surface area (Å²) in [6.45, 7) is 0.0691. The third kappa shape index (κ3) is 5.58. The molecule has 11 nitrogen and oxygen atoms in total. The van der Waals surface area contributed by atoms with Crippen molar-refractivity contribution in [3.8, 4) is 11.5 Å². The van der Waals surface area contributed by atoms with Gasteiger partial charge in [-0.3, -0.25) is 25.2 Å². The Morgan fingerprint density at radius 2 is 1.75 bits per heavy atom. The molecule has 0 bridgehead atoms. The molecule has 2 heterocycles. The number of rotatable bonds is 9. The number of hydrogen-bond donors (Lipinski definition) is 2. The molecule has 36 heavy (non-hydrogen) atoms. The number of allylic oxidation sites excluding steroid dienone is 3. The largest absolute Gasteiger partial charge is 0.467 e. The van der Waals surface area contributed by atoms with E-state index in [-0.39, 0.29) is 18.8 Å². The quantitative estimate of drug-likeness (QED) is 0.404. The van der Waals surface area contributed by atoms with Crippen LogP contribution in [0.4, 0.5) is 10.6 Å². The number of amides is 4. The molecule has 0 unspecified atom stereocenters. The van der Waals surface area contributed by atoms with Crippen LogP contribution in [0.1, 0.15) is 12.8 Å². The molecule has 0 radical (unpaired) electrons. The van der Waals surface area contributed by atoms with Crippen molar-refractivity contribution < 1.29 is 28.6 Å². The summed E-state index contributed by atoms with van der Waals surface area (Å²) in [5.74, 6) is 0.463. The molecular formula is C25H25N5O6. The van der Waals surface area contributed by atoms with E-state index in [1.165, 1.54) is 7.11 Å². The average Bonchev–Trinajstić information content (AvgIpc) is 2.88. The average molecular weight is 492 g/mol. The van der Waals surface area contributed by atoms with Gasteiger partial charge in [-0.25, -0.2) is 9.78 Å². The maximum absolute atomic E-state index is 12.5. The summed E-state index contributed by atoms with van der Waals surface area (Å²) >= 11 is 0. The number of anilines is 1. The molecule has 11 heteroatoms. The van der Waals surface area contributed by atoms with Crippen molar-refractivity contribution in [2.45, 2.75) is 18.4 Å². The van der Waals surface area contributed by atoms with E-state index >= 15 is 0 Å². The lowest BCUT2D eigenvalue weighted by Crippen LogP contribution is -2.69. The van der Waals surface area contributed by atoms with Gasteiger partial charge in [0.1, 0.15) is 23.1 Å². The van der Waals surface area contributed by atoms with E-state index in [9.17, 15) is 14.4 Å². The topological polar surface area (TPSA) is 131 Å². The first kappa shape index (κ1) is 24.6. The highest BCUT2D eigenvalue weighted by atomic mass is 16.5. The SMILES string of the molecule is COCCC1(Oc2ccc(OC3=CC/C(=N\N(C)c4ccccn4)C=C3)cc2)C(=O)NC(=O)NC1=O. The van der Waals surface area contributed by atoms with Gasteiger partial charge in [0.15, 0.2) is 0 Å². The lowest BCUT2D eigenvalue weighted by molar-refractivity contribution is -0.153. The van der Waals surface area contributed by atoms with Crippen LogP contribution < -0.4 is 25.1 Å². The van der Waals surface area contributed by atoms with Crippen LogP contribution in [0.3, 0.4) is 0 Å². The van der Waals surface area contributed by atoms with E-state index in [1.807, 2.05) is 43.5 Å². The van der Waals surface area contributed by atoms with Gasteiger partial charge in [-0.15, -0.1) is 0 Å². The van der Waals surface area contributed by atoms with Crippen molar-refractivity contribution in [3.05, 3.63) is 72.6 Å². The molecule has 1 aromatic carbocycles. The summed E-state index contributed by atoms with van der Waals surface area (Å²) in [6.07, 6.45) is 7.80. The molecule has 0 spiro atoms. The number of nitrogens with one attached hydrogen (secondary N) is 2. The molecule has 2 aliphatic rings. The summed E-state index contributed by atoms with van der Waals surface area (Å²) < 4.78 is 16.7. The number of urea groups is 1. The van der Waals surface area contributed by atoms with E-state index in [4.69, 9.17) is 14.2 Å². The minimum atomic E-state index is -1.93. The van der Waals surface area contributed by atoms with Crippen molar-refractivity contribution in [2.24, 2.45) is 5.10 Å². The molecule has 4 amide bonds. The van der Waals surface area contributed by atoms with Gasteiger partial charge in [0, 0.05) is 33.2 Å². The van der Waals surface area contributed by atoms with Gasteiger partial charge in [-0.05, 0) is 54.6 Å². The van der Waals surface area contributed by atoms with Gasteiger partial charge in [-0.2, -0.15) is 5.10 Å². The van der Waals surface area contributed by atoms with E-state index in [0.29, 0.717) is 17.9 Å². The standard InChI is InChI=1S/C25H25N5O6/c1-30(21-5-3-4-15-26-21)29-17-6-8-18(9-7-17)35-19-10-12-20(13-11-19)36-25(14-16-34-2)22(31)27-24(33)28-23(25)32/h3-6,8-13,15H,7,14,16H2,1-2H3,(H2,27,28,31,32,33)/b29-17-. The summed E-state index contributed by atoms with van der Waals surface area (Å²) in [5.41, 5.74) is -1.08. The van der Waals surface area contributed by atoms with E-state index in [2.05, 4.69) is 20.7 Å². The van der Waals surface area contributed by atoms with Crippen LogP contribution >= 0.6 is 0 Å². The highest BCUT2D eigenvalue weighted by Crippen LogP contribution is 2.27. The lowest BCUT2D eigenvalue weighted by Gasteiger charge is -2.34. The summed E-state index contributed by atoms with van der Waals surface area (Å²) in [5, 5.41) is 10.4. The minimum Gasteiger partial charge on any atom is -0.467 e. The zero-order valence-corrected chi connectivity index (χ0v) is 19.8. The number of hydrazone groups is 1.